The molecule has 1 aromatic carbocycles. The van der Waals surface area contributed by atoms with Crippen LogP contribution in [-0.2, 0) is 12.8 Å². The van der Waals surface area contributed by atoms with Crippen molar-refractivity contribution in [2.75, 3.05) is 31.6 Å². The molecule has 1 atom stereocenters. The zero-order valence-electron chi connectivity index (χ0n) is 18.3. The Labute approximate surface area is 180 Å². The number of thioether (sulfide) groups is 1. The van der Waals surface area contributed by atoms with Gasteiger partial charge in [-0.25, -0.2) is 4.99 Å². The zero-order valence-corrected chi connectivity index (χ0v) is 19.1. The monoisotopic (exact) mass is 415 g/mol. The van der Waals surface area contributed by atoms with Crippen LogP contribution in [0.5, 0.6) is 0 Å². The van der Waals surface area contributed by atoms with Crippen LogP contribution in [0.3, 0.4) is 0 Å². The van der Waals surface area contributed by atoms with E-state index in [0.717, 1.165) is 36.3 Å². The van der Waals surface area contributed by atoms with Crippen LogP contribution in [0.25, 0.3) is 5.70 Å². The molecule has 1 unspecified atom stereocenters. The topological polar surface area (TPSA) is 79.7 Å². The molecule has 6 heteroatoms. The highest BCUT2D eigenvalue weighted by atomic mass is 32.2. The molecule has 5 nitrogen and oxygen atoms in total. The number of likely N-dealkylation sites (tertiary alicyclic amines) is 1. The summed E-state index contributed by atoms with van der Waals surface area (Å²) in [7, 11) is 0. The summed E-state index contributed by atoms with van der Waals surface area (Å²) in [6.45, 7) is 7.52. The average molecular weight is 416 g/mol. The van der Waals surface area contributed by atoms with Gasteiger partial charge in [-0.15, -0.1) is 0 Å². The summed E-state index contributed by atoms with van der Waals surface area (Å²) in [4.78, 5) is 7.14. The molecule has 1 fully saturated rings. The third kappa shape index (κ3) is 5.70. The van der Waals surface area contributed by atoms with Crippen molar-refractivity contribution in [3.05, 3.63) is 40.1 Å². The van der Waals surface area contributed by atoms with Crippen LogP contribution in [0, 0.1) is 6.92 Å². The van der Waals surface area contributed by atoms with Crippen molar-refractivity contribution < 1.29 is 0 Å². The van der Waals surface area contributed by atoms with Crippen LogP contribution >= 0.6 is 11.8 Å². The number of allylic oxidation sites excluding steroid dienone is 1. The maximum atomic E-state index is 6.48. The van der Waals surface area contributed by atoms with Gasteiger partial charge in [-0.2, -0.15) is 11.8 Å². The third-order valence-electron chi connectivity index (χ3n) is 6.22. The van der Waals surface area contributed by atoms with Gasteiger partial charge in [0.25, 0.3) is 0 Å². The number of piperidine rings is 1. The Bertz CT molecular complexity index is 771. The van der Waals surface area contributed by atoms with Gasteiger partial charge in [0.2, 0.25) is 0 Å². The quantitative estimate of drug-likeness (QED) is 0.362. The van der Waals surface area contributed by atoms with Gasteiger partial charge in [0.1, 0.15) is 0 Å². The van der Waals surface area contributed by atoms with E-state index in [1.165, 1.54) is 61.2 Å². The highest BCUT2D eigenvalue weighted by Crippen LogP contribution is 2.30. The molecule has 1 aliphatic carbocycles. The van der Waals surface area contributed by atoms with Crippen LogP contribution in [-0.4, -0.2) is 48.5 Å². The van der Waals surface area contributed by atoms with E-state index in [1.54, 1.807) is 0 Å². The highest BCUT2D eigenvalue weighted by Gasteiger charge is 2.20. The number of guanidine groups is 1. The number of nitrogens with zero attached hydrogens (tertiary/aromatic N) is 2. The maximum absolute atomic E-state index is 6.48. The Morgan fingerprint density at radius 2 is 2.10 bits per heavy atom. The first-order chi connectivity index (χ1) is 14.0. The summed E-state index contributed by atoms with van der Waals surface area (Å²) in [5.41, 5.74) is 19.6. The van der Waals surface area contributed by atoms with Crippen LogP contribution in [0.15, 0.2) is 22.8 Å². The Hall–Kier alpha value is -1.66. The average Bonchev–Trinajstić information content (AvgIpc) is 3.18. The molecule has 1 aromatic rings. The first-order valence-electron chi connectivity index (χ1n) is 10.9. The molecule has 2 aliphatic rings. The van der Waals surface area contributed by atoms with Crippen LogP contribution in [0.1, 0.15) is 54.9 Å². The lowest BCUT2D eigenvalue weighted by Crippen LogP contribution is -2.50. The Balaban J connectivity index is 1.64. The standard InChI is InChI=1S/C23H37N5S/c1-16-20-9-4-7-18(20)10-11-21(16)22(24)17(2)26-23(25)27-19-8-5-12-28(15-19)13-6-14-29-3/h10-11,19H,4-9,12-15,24H2,1-3H3,(H3,25,26,27)/b22-17-. The van der Waals surface area contributed by atoms with Gasteiger partial charge in [0, 0.05) is 18.2 Å². The van der Waals surface area contributed by atoms with Gasteiger partial charge in [0.15, 0.2) is 5.96 Å². The molecule has 0 saturated carbocycles. The number of aliphatic imine (C=N–C) groups is 1. The molecule has 1 heterocycles. The highest BCUT2D eigenvalue weighted by molar-refractivity contribution is 7.98. The first kappa shape index (κ1) is 22.0. The number of benzene rings is 1. The Morgan fingerprint density at radius 3 is 2.90 bits per heavy atom. The molecular formula is C23H37N5S. The minimum absolute atomic E-state index is 0.359. The number of aryl methyl sites for hydroxylation is 1. The predicted octanol–water partition coefficient (Wildman–Crippen LogP) is 3.25. The number of nitrogens with two attached hydrogens (primary N) is 2. The van der Waals surface area contributed by atoms with Gasteiger partial charge in [-0.3, -0.25) is 0 Å². The number of hydrogen-bond acceptors (Lipinski definition) is 4. The van der Waals surface area contributed by atoms with Gasteiger partial charge in [-0.05, 0) is 94.2 Å². The lowest BCUT2D eigenvalue weighted by atomic mass is 9.96. The van der Waals surface area contributed by atoms with E-state index in [2.05, 4.69) is 40.5 Å². The van der Waals surface area contributed by atoms with E-state index in [-0.39, 0.29) is 0 Å². The molecule has 1 saturated heterocycles. The Kier molecular flexibility index (Phi) is 7.90. The van der Waals surface area contributed by atoms with E-state index in [9.17, 15) is 0 Å². The number of fused-ring (bicyclic) bond motifs is 1. The fourth-order valence-corrected chi connectivity index (χ4v) is 5.05. The minimum Gasteiger partial charge on any atom is -0.397 e. The zero-order chi connectivity index (χ0) is 20.8. The predicted molar refractivity (Wildman–Crippen MR) is 127 cm³/mol. The van der Waals surface area contributed by atoms with Gasteiger partial charge in [-0.1, -0.05) is 12.1 Å². The van der Waals surface area contributed by atoms with Crippen molar-refractivity contribution >= 4 is 23.4 Å². The van der Waals surface area contributed by atoms with E-state index in [4.69, 9.17) is 11.5 Å². The van der Waals surface area contributed by atoms with Crippen LogP contribution in [0.4, 0.5) is 0 Å². The molecule has 160 valence electrons. The summed E-state index contributed by atoms with van der Waals surface area (Å²) in [6.07, 6.45) is 9.34. The number of rotatable bonds is 7. The van der Waals surface area contributed by atoms with Crippen molar-refractivity contribution in [2.24, 2.45) is 16.5 Å². The number of hydrogen-bond donors (Lipinski definition) is 3. The second-order valence-corrected chi connectivity index (χ2v) is 9.34. The lowest BCUT2D eigenvalue weighted by Gasteiger charge is -2.33. The molecule has 0 radical (unpaired) electrons. The third-order valence-corrected chi connectivity index (χ3v) is 6.91. The molecule has 29 heavy (non-hydrogen) atoms. The summed E-state index contributed by atoms with van der Waals surface area (Å²) in [5.74, 6) is 1.70. The van der Waals surface area contributed by atoms with Crippen molar-refractivity contribution in [3.8, 4) is 0 Å². The molecular weight excluding hydrogens is 378 g/mol. The molecule has 5 N–H and O–H groups in total. The van der Waals surface area contributed by atoms with Gasteiger partial charge >= 0.3 is 0 Å². The van der Waals surface area contributed by atoms with Crippen LogP contribution in [0.2, 0.25) is 0 Å². The van der Waals surface area contributed by atoms with Crippen molar-refractivity contribution in [1.29, 1.82) is 0 Å². The second kappa shape index (κ2) is 10.4. The molecule has 0 spiro atoms. The molecule has 3 rings (SSSR count). The Morgan fingerprint density at radius 1 is 1.28 bits per heavy atom. The van der Waals surface area contributed by atoms with Gasteiger partial charge in [0.05, 0.1) is 11.4 Å². The van der Waals surface area contributed by atoms with E-state index < -0.39 is 0 Å². The molecule has 1 aliphatic heterocycles. The summed E-state index contributed by atoms with van der Waals surface area (Å²) < 4.78 is 0. The first-order valence-corrected chi connectivity index (χ1v) is 12.3. The molecule has 0 amide bonds. The lowest BCUT2D eigenvalue weighted by molar-refractivity contribution is 0.201. The largest absolute Gasteiger partial charge is 0.397 e. The molecule has 0 aromatic heterocycles. The summed E-state index contributed by atoms with van der Waals surface area (Å²) in [5, 5.41) is 3.42. The fraction of sp³-hybridized carbons (Fsp3) is 0.609. The van der Waals surface area contributed by atoms with Crippen molar-refractivity contribution in [2.45, 2.75) is 58.4 Å². The minimum atomic E-state index is 0.359. The van der Waals surface area contributed by atoms with E-state index in [0.29, 0.717) is 12.0 Å². The van der Waals surface area contributed by atoms with Crippen molar-refractivity contribution in [3.63, 3.8) is 0 Å². The molecule has 0 bridgehead atoms. The SMILES string of the molecule is CSCCCN1CCCC(N/C(N)=N/C(C)=C(\N)c2ccc3c(c2C)CCC3)C1. The summed E-state index contributed by atoms with van der Waals surface area (Å²) >= 11 is 1.92. The van der Waals surface area contributed by atoms with E-state index >= 15 is 0 Å². The van der Waals surface area contributed by atoms with Crippen LogP contribution < -0.4 is 16.8 Å². The van der Waals surface area contributed by atoms with Gasteiger partial charge < -0.3 is 21.7 Å². The van der Waals surface area contributed by atoms with Crippen molar-refractivity contribution in [1.82, 2.24) is 10.2 Å². The summed E-state index contributed by atoms with van der Waals surface area (Å²) in [6, 6.07) is 4.73. The second-order valence-electron chi connectivity index (χ2n) is 8.36. The van der Waals surface area contributed by atoms with E-state index in [1.807, 2.05) is 18.7 Å². The number of nitrogens with one attached hydrogen (secondary N) is 1. The maximum Gasteiger partial charge on any atom is 0.193 e. The smallest absolute Gasteiger partial charge is 0.193 e. The fourth-order valence-electron chi connectivity index (χ4n) is 4.63. The normalized spacial score (nSPS) is 21.1.